The number of thioether (sulfide) groups is 1. The lowest BCUT2D eigenvalue weighted by Gasteiger charge is -2.12. The van der Waals surface area contributed by atoms with Crippen molar-refractivity contribution in [3.63, 3.8) is 0 Å². The summed E-state index contributed by atoms with van der Waals surface area (Å²) >= 11 is 1.89. The van der Waals surface area contributed by atoms with Crippen LogP contribution in [0.25, 0.3) is 0 Å². The van der Waals surface area contributed by atoms with Crippen molar-refractivity contribution in [2.75, 3.05) is 13.2 Å². The molecule has 3 atom stereocenters. The Labute approximate surface area is 89.7 Å². The van der Waals surface area contributed by atoms with Crippen molar-refractivity contribution in [1.82, 2.24) is 5.32 Å². The van der Waals surface area contributed by atoms with Crippen LogP contribution in [0.5, 0.6) is 0 Å². The summed E-state index contributed by atoms with van der Waals surface area (Å²) in [6, 6.07) is 0.957. The van der Waals surface area contributed by atoms with Crippen molar-refractivity contribution in [2.24, 2.45) is 4.99 Å². The van der Waals surface area contributed by atoms with Crippen molar-refractivity contribution in [3.05, 3.63) is 0 Å². The number of nitrogens with zero attached hydrogens (tertiary/aromatic N) is 1. The summed E-state index contributed by atoms with van der Waals surface area (Å²) in [6.07, 6.45) is 2.31. The van der Waals surface area contributed by atoms with Gasteiger partial charge >= 0.3 is 0 Å². The molecule has 0 saturated carbocycles. The molecule has 80 valence electrons. The molecule has 0 aromatic heterocycles. The first-order valence-corrected chi connectivity index (χ1v) is 6.26. The average Bonchev–Trinajstić information content (AvgIpc) is 2.76. The van der Waals surface area contributed by atoms with E-state index < -0.39 is 0 Å². The van der Waals surface area contributed by atoms with Crippen LogP contribution in [0.2, 0.25) is 0 Å². The Balaban J connectivity index is 1.84. The van der Waals surface area contributed by atoms with E-state index in [-0.39, 0.29) is 0 Å². The molecule has 3 nitrogen and oxygen atoms in total. The monoisotopic (exact) mass is 214 g/mol. The molecule has 0 radical (unpaired) electrons. The predicted octanol–water partition coefficient (Wildman–Crippen LogP) is 1.63. The van der Waals surface area contributed by atoms with Crippen LogP contribution in [0.4, 0.5) is 0 Å². The molecule has 4 heteroatoms. The van der Waals surface area contributed by atoms with Crippen LogP contribution in [0.15, 0.2) is 4.99 Å². The molecule has 0 spiro atoms. The Bertz CT molecular complexity index is 226. The van der Waals surface area contributed by atoms with Crippen LogP contribution in [0.3, 0.4) is 0 Å². The van der Waals surface area contributed by atoms with Gasteiger partial charge in [-0.15, -0.1) is 0 Å². The van der Waals surface area contributed by atoms with Crippen molar-refractivity contribution in [3.8, 4) is 0 Å². The zero-order chi connectivity index (χ0) is 9.97. The first kappa shape index (κ1) is 10.3. The van der Waals surface area contributed by atoms with E-state index >= 15 is 0 Å². The van der Waals surface area contributed by atoms with Gasteiger partial charge in [0.2, 0.25) is 0 Å². The summed E-state index contributed by atoms with van der Waals surface area (Å²) in [5.41, 5.74) is 0. The van der Waals surface area contributed by atoms with Crippen LogP contribution < -0.4 is 5.32 Å². The van der Waals surface area contributed by atoms with Crippen LogP contribution in [0.1, 0.15) is 26.7 Å². The lowest BCUT2D eigenvalue weighted by molar-refractivity contribution is 0.192. The molecule has 0 aromatic rings. The normalized spacial score (nSPS) is 37.3. The molecule has 0 amide bonds. The number of nitrogens with one attached hydrogen (secondary N) is 1. The number of rotatable bonds is 2. The van der Waals surface area contributed by atoms with Crippen LogP contribution >= 0.6 is 11.8 Å². The minimum atomic E-state index is 0.467. The lowest BCUT2D eigenvalue weighted by Crippen LogP contribution is -2.32. The van der Waals surface area contributed by atoms with Gasteiger partial charge in [-0.25, -0.2) is 0 Å². The van der Waals surface area contributed by atoms with Crippen LogP contribution in [-0.2, 0) is 4.74 Å². The minimum absolute atomic E-state index is 0.467. The number of amidine groups is 1. The highest BCUT2D eigenvalue weighted by atomic mass is 32.2. The SMILES string of the molecule is CCC1SC(NC2CCOC2)=NC1C. The minimum Gasteiger partial charge on any atom is -0.379 e. The molecule has 1 saturated heterocycles. The Morgan fingerprint density at radius 2 is 2.50 bits per heavy atom. The van der Waals surface area contributed by atoms with Gasteiger partial charge in [-0.1, -0.05) is 18.7 Å². The Hall–Kier alpha value is -0.220. The second-order valence-corrected chi connectivity index (χ2v) is 5.17. The van der Waals surface area contributed by atoms with Gasteiger partial charge in [0.25, 0.3) is 0 Å². The summed E-state index contributed by atoms with van der Waals surface area (Å²) in [6.45, 7) is 6.15. The topological polar surface area (TPSA) is 33.6 Å². The second kappa shape index (κ2) is 4.53. The van der Waals surface area contributed by atoms with Crippen molar-refractivity contribution < 1.29 is 4.74 Å². The summed E-state index contributed by atoms with van der Waals surface area (Å²) in [4.78, 5) is 4.62. The number of hydrogen-bond donors (Lipinski definition) is 1. The molecule has 0 bridgehead atoms. The Kier molecular flexibility index (Phi) is 3.34. The third-order valence-corrected chi connectivity index (χ3v) is 4.26. The Morgan fingerprint density at radius 3 is 3.07 bits per heavy atom. The van der Waals surface area contributed by atoms with Gasteiger partial charge in [-0.3, -0.25) is 4.99 Å². The highest BCUT2D eigenvalue weighted by Crippen LogP contribution is 2.28. The van der Waals surface area contributed by atoms with Gasteiger partial charge in [-0.05, 0) is 19.8 Å². The summed E-state index contributed by atoms with van der Waals surface area (Å²) in [7, 11) is 0. The third-order valence-electron chi connectivity index (χ3n) is 2.78. The van der Waals surface area contributed by atoms with Gasteiger partial charge in [-0.2, -0.15) is 0 Å². The van der Waals surface area contributed by atoms with E-state index in [0.717, 1.165) is 24.8 Å². The Morgan fingerprint density at radius 1 is 1.64 bits per heavy atom. The fourth-order valence-corrected chi connectivity index (χ4v) is 3.03. The molecule has 2 rings (SSSR count). The fraction of sp³-hybridized carbons (Fsp3) is 0.900. The smallest absolute Gasteiger partial charge is 0.157 e. The van der Waals surface area contributed by atoms with E-state index in [9.17, 15) is 0 Å². The third kappa shape index (κ3) is 2.23. The molecular formula is C10H18N2OS. The molecule has 3 unspecified atom stereocenters. The zero-order valence-corrected chi connectivity index (χ0v) is 9.64. The summed E-state index contributed by atoms with van der Waals surface area (Å²) in [5.74, 6) is 0. The summed E-state index contributed by atoms with van der Waals surface area (Å²) < 4.78 is 5.32. The van der Waals surface area contributed by atoms with Gasteiger partial charge in [0, 0.05) is 11.9 Å². The van der Waals surface area contributed by atoms with Gasteiger partial charge in [0.15, 0.2) is 5.17 Å². The van der Waals surface area contributed by atoms with Crippen molar-refractivity contribution in [2.45, 2.75) is 44.0 Å². The van der Waals surface area contributed by atoms with Crippen LogP contribution in [0, 0.1) is 0 Å². The maximum atomic E-state index is 5.32. The molecule has 1 N–H and O–H groups in total. The van der Waals surface area contributed by atoms with E-state index in [1.165, 1.54) is 6.42 Å². The predicted molar refractivity (Wildman–Crippen MR) is 60.9 cm³/mol. The maximum Gasteiger partial charge on any atom is 0.157 e. The van der Waals surface area contributed by atoms with Gasteiger partial charge in [0.1, 0.15) is 0 Å². The fourth-order valence-electron chi connectivity index (χ4n) is 1.86. The molecule has 1 fully saturated rings. The van der Waals surface area contributed by atoms with E-state index in [1.807, 2.05) is 11.8 Å². The number of ether oxygens (including phenoxy) is 1. The molecule has 14 heavy (non-hydrogen) atoms. The van der Waals surface area contributed by atoms with E-state index in [4.69, 9.17) is 4.74 Å². The zero-order valence-electron chi connectivity index (χ0n) is 8.82. The second-order valence-electron chi connectivity index (χ2n) is 3.94. The molecule has 0 aliphatic carbocycles. The lowest BCUT2D eigenvalue weighted by atomic mass is 10.2. The van der Waals surface area contributed by atoms with Gasteiger partial charge < -0.3 is 10.1 Å². The molecule has 2 aliphatic heterocycles. The average molecular weight is 214 g/mol. The standard InChI is InChI=1S/C10H18N2OS/c1-3-9-7(2)11-10(14-9)12-8-4-5-13-6-8/h7-9H,3-6H2,1-2H3,(H,11,12). The summed E-state index contributed by atoms with van der Waals surface area (Å²) in [5, 5.41) is 5.25. The maximum absolute atomic E-state index is 5.32. The largest absolute Gasteiger partial charge is 0.379 e. The molecular weight excluding hydrogens is 196 g/mol. The highest BCUT2D eigenvalue weighted by molar-refractivity contribution is 8.14. The first-order chi connectivity index (χ1) is 6.79. The van der Waals surface area contributed by atoms with Crippen molar-refractivity contribution >= 4 is 16.9 Å². The number of hydrogen-bond acceptors (Lipinski definition) is 4. The van der Waals surface area contributed by atoms with E-state index in [2.05, 4.69) is 24.2 Å². The van der Waals surface area contributed by atoms with E-state index in [0.29, 0.717) is 17.3 Å². The quantitative estimate of drug-likeness (QED) is 0.758. The molecule has 0 aromatic carbocycles. The highest BCUT2D eigenvalue weighted by Gasteiger charge is 2.27. The first-order valence-electron chi connectivity index (χ1n) is 5.38. The van der Waals surface area contributed by atoms with E-state index in [1.54, 1.807) is 0 Å². The van der Waals surface area contributed by atoms with Gasteiger partial charge in [0.05, 0.1) is 18.7 Å². The number of aliphatic imine (C=N–C) groups is 1. The molecule has 2 heterocycles. The molecule has 2 aliphatic rings. The van der Waals surface area contributed by atoms with Crippen molar-refractivity contribution in [1.29, 1.82) is 0 Å². The van der Waals surface area contributed by atoms with Crippen LogP contribution in [-0.4, -0.2) is 35.7 Å².